The molecular formula is C19H17F4N3O3. The largest absolute Gasteiger partial charge is 0.443 e. The predicted octanol–water partition coefficient (Wildman–Crippen LogP) is 4.20. The molecule has 0 atom stereocenters. The number of oxime groups is 1. The summed E-state index contributed by atoms with van der Waals surface area (Å²) in [5.74, 6) is -1.64. The fourth-order valence-corrected chi connectivity index (χ4v) is 2.97. The van der Waals surface area contributed by atoms with E-state index in [1.165, 1.54) is 17.4 Å². The van der Waals surface area contributed by atoms with Gasteiger partial charge in [0.2, 0.25) is 5.89 Å². The van der Waals surface area contributed by atoms with Gasteiger partial charge in [0.25, 0.3) is 5.91 Å². The summed E-state index contributed by atoms with van der Waals surface area (Å²) in [6, 6.07) is 4.11. The fraction of sp³-hybridized carbons (Fsp3) is 0.316. The first-order valence-electron chi connectivity index (χ1n) is 8.71. The van der Waals surface area contributed by atoms with Crippen molar-refractivity contribution >= 4 is 11.6 Å². The maximum absolute atomic E-state index is 13.0. The van der Waals surface area contributed by atoms with Gasteiger partial charge < -0.3 is 14.2 Å². The van der Waals surface area contributed by atoms with E-state index in [-0.39, 0.29) is 30.6 Å². The number of hydrogen-bond acceptors (Lipinski definition) is 5. The Kier molecular flexibility index (Phi) is 6.00. The lowest BCUT2D eigenvalue weighted by Crippen LogP contribution is -2.40. The van der Waals surface area contributed by atoms with E-state index in [4.69, 9.17) is 9.25 Å². The smallest absolute Gasteiger partial charge is 0.416 e. The number of hydrogen-bond donors (Lipinski definition) is 0. The molecule has 1 fully saturated rings. The van der Waals surface area contributed by atoms with E-state index in [1.807, 2.05) is 0 Å². The van der Waals surface area contributed by atoms with Gasteiger partial charge in [-0.3, -0.25) is 4.79 Å². The molecule has 3 rings (SSSR count). The van der Waals surface area contributed by atoms with Crippen LogP contribution in [0.15, 0.2) is 58.7 Å². The Hall–Kier alpha value is -3.17. The SMILES string of the molecule is C=C(F)C(=O)N1CCC(C(=NOc2ccc(C(F)(F)F)cc2)c2ncco2)CC1. The molecule has 1 saturated heterocycles. The van der Waals surface area contributed by atoms with E-state index < -0.39 is 23.5 Å². The Morgan fingerprint density at radius 1 is 1.24 bits per heavy atom. The third-order valence-electron chi connectivity index (χ3n) is 4.48. The molecule has 0 aliphatic carbocycles. The molecule has 2 aromatic rings. The molecule has 1 aromatic carbocycles. The molecule has 0 saturated carbocycles. The zero-order valence-electron chi connectivity index (χ0n) is 15.2. The highest BCUT2D eigenvalue weighted by Crippen LogP contribution is 2.30. The second kappa shape index (κ2) is 8.46. The van der Waals surface area contributed by atoms with Crippen LogP contribution in [-0.4, -0.2) is 34.6 Å². The summed E-state index contributed by atoms with van der Waals surface area (Å²) in [6.45, 7) is 3.58. The number of benzene rings is 1. The number of carbonyl (C=O) groups is 1. The van der Waals surface area contributed by atoms with Crippen molar-refractivity contribution in [2.24, 2.45) is 11.1 Å². The van der Waals surface area contributed by atoms with Gasteiger partial charge in [0.15, 0.2) is 11.6 Å². The summed E-state index contributed by atoms with van der Waals surface area (Å²) >= 11 is 0. The number of halogens is 4. The van der Waals surface area contributed by atoms with Crippen molar-refractivity contribution in [1.82, 2.24) is 9.88 Å². The third kappa shape index (κ3) is 5.01. The molecule has 0 radical (unpaired) electrons. The number of piperidine rings is 1. The molecule has 1 amide bonds. The van der Waals surface area contributed by atoms with Crippen molar-refractivity contribution in [1.29, 1.82) is 0 Å². The number of aromatic nitrogens is 1. The second-order valence-electron chi connectivity index (χ2n) is 6.40. The molecule has 0 N–H and O–H groups in total. The summed E-state index contributed by atoms with van der Waals surface area (Å²) in [6.07, 6.45) is -0.752. The van der Waals surface area contributed by atoms with Gasteiger partial charge in [-0.15, -0.1) is 0 Å². The highest BCUT2D eigenvalue weighted by atomic mass is 19.4. The second-order valence-corrected chi connectivity index (χ2v) is 6.40. The Morgan fingerprint density at radius 3 is 2.41 bits per heavy atom. The van der Waals surface area contributed by atoms with Gasteiger partial charge in [-0.2, -0.15) is 13.2 Å². The van der Waals surface area contributed by atoms with Gasteiger partial charge in [-0.05, 0) is 37.1 Å². The fourth-order valence-electron chi connectivity index (χ4n) is 2.97. The minimum Gasteiger partial charge on any atom is -0.443 e. The van der Waals surface area contributed by atoms with Gasteiger partial charge in [-0.1, -0.05) is 11.7 Å². The first-order chi connectivity index (χ1) is 13.8. The maximum Gasteiger partial charge on any atom is 0.416 e. The van der Waals surface area contributed by atoms with Crippen molar-refractivity contribution in [3.8, 4) is 5.75 Å². The lowest BCUT2D eigenvalue weighted by Gasteiger charge is -2.31. The van der Waals surface area contributed by atoms with Gasteiger partial charge >= 0.3 is 6.18 Å². The topological polar surface area (TPSA) is 67.9 Å². The Labute approximate surface area is 163 Å². The standard InChI is InChI=1S/C19H17F4N3O3/c1-12(20)18(27)26-9-6-13(7-10-26)16(17-24-8-11-28-17)25-29-15-4-2-14(3-5-15)19(21,22)23/h2-5,8,11,13H,1,6-7,9-10H2. The van der Waals surface area contributed by atoms with E-state index in [9.17, 15) is 22.4 Å². The molecule has 10 heteroatoms. The van der Waals surface area contributed by atoms with Crippen LogP contribution in [0.4, 0.5) is 17.6 Å². The van der Waals surface area contributed by atoms with Crippen LogP contribution in [0, 0.1) is 5.92 Å². The first kappa shape index (κ1) is 20.6. The molecule has 2 heterocycles. The molecule has 1 aliphatic heterocycles. The predicted molar refractivity (Wildman–Crippen MR) is 94.7 cm³/mol. The molecule has 0 bridgehead atoms. The normalized spacial score (nSPS) is 16.0. The van der Waals surface area contributed by atoms with Crippen LogP contribution in [-0.2, 0) is 11.0 Å². The van der Waals surface area contributed by atoms with Crippen LogP contribution in [0.1, 0.15) is 24.3 Å². The van der Waals surface area contributed by atoms with Gasteiger partial charge in [0.05, 0.1) is 11.8 Å². The third-order valence-corrected chi connectivity index (χ3v) is 4.48. The van der Waals surface area contributed by atoms with Crippen LogP contribution in [0.3, 0.4) is 0 Å². The average Bonchev–Trinajstić information content (AvgIpc) is 3.22. The number of amides is 1. The van der Waals surface area contributed by atoms with E-state index in [0.29, 0.717) is 18.6 Å². The van der Waals surface area contributed by atoms with E-state index >= 15 is 0 Å². The maximum atomic E-state index is 13.0. The number of alkyl halides is 3. The molecule has 6 nitrogen and oxygen atoms in total. The zero-order chi connectivity index (χ0) is 21.0. The Bertz CT molecular complexity index is 884. The summed E-state index contributed by atoms with van der Waals surface area (Å²) in [7, 11) is 0. The van der Waals surface area contributed by atoms with Crippen LogP contribution in [0.2, 0.25) is 0 Å². The summed E-state index contributed by atoms with van der Waals surface area (Å²) in [5, 5.41) is 4.04. The quantitative estimate of drug-likeness (QED) is 0.320. The van der Waals surface area contributed by atoms with E-state index in [2.05, 4.69) is 16.7 Å². The van der Waals surface area contributed by atoms with Crippen molar-refractivity contribution in [2.45, 2.75) is 19.0 Å². The average molecular weight is 411 g/mol. The van der Waals surface area contributed by atoms with Gasteiger partial charge in [0.1, 0.15) is 12.0 Å². The van der Waals surface area contributed by atoms with Crippen molar-refractivity contribution in [3.05, 3.63) is 60.6 Å². The molecular weight excluding hydrogens is 394 g/mol. The Morgan fingerprint density at radius 2 is 1.90 bits per heavy atom. The summed E-state index contributed by atoms with van der Waals surface area (Å²) in [4.78, 5) is 22.4. The highest BCUT2D eigenvalue weighted by Gasteiger charge is 2.31. The highest BCUT2D eigenvalue weighted by molar-refractivity contribution is 5.98. The monoisotopic (exact) mass is 411 g/mol. The lowest BCUT2D eigenvalue weighted by atomic mass is 9.91. The van der Waals surface area contributed by atoms with Crippen molar-refractivity contribution in [2.75, 3.05) is 13.1 Å². The molecule has 29 heavy (non-hydrogen) atoms. The van der Waals surface area contributed by atoms with Crippen molar-refractivity contribution in [3.63, 3.8) is 0 Å². The molecule has 1 aliphatic rings. The molecule has 0 spiro atoms. The number of rotatable bonds is 5. The number of nitrogens with zero attached hydrogens (tertiary/aromatic N) is 3. The van der Waals surface area contributed by atoms with Crippen LogP contribution in [0.5, 0.6) is 5.75 Å². The van der Waals surface area contributed by atoms with Gasteiger partial charge in [0, 0.05) is 19.0 Å². The minimum atomic E-state index is -4.44. The number of likely N-dealkylation sites (tertiary alicyclic amines) is 1. The van der Waals surface area contributed by atoms with Crippen molar-refractivity contribution < 1.29 is 31.6 Å². The molecule has 1 aromatic heterocycles. The van der Waals surface area contributed by atoms with Crippen LogP contribution < -0.4 is 4.84 Å². The number of oxazole rings is 1. The van der Waals surface area contributed by atoms with E-state index in [0.717, 1.165) is 24.3 Å². The van der Waals surface area contributed by atoms with Gasteiger partial charge in [-0.25, -0.2) is 9.37 Å². The summed E-state index contributed by atoms with van der Waals surface area (Å²) < 4.78 is 56.3. The van der Waals surface area contributed by atoms with E-state index in [1.54, 1.807) is 0 Å². The van der Waals surface area contributed by atoms with Crippen LogP contribution >= 0.6 is 0 Å². The minimum absolute atomic E-state index is 0.114. The Balaban J connectivity index is 1.73. The van der Waals surface area contributed by atoms with Crippen LogP contribution in [0.25, 0.3) is 0 Å². The zero-order valence-corrected chi connectivity index (χ0v) is 15.2. The lowest BCUT2D eigenvalue weighted by molar-refractivity contribution is -0.137. The first-order valence-corrected chi connectivity index (χ1v) is 8.71. The number of carbonyl (C=O) groups excluding carboxylic acids is 1. The molecule has 0 unspecified atom stereocenters. The molecule has 154 valence electrons. The summed E-state index contributed by atoms with van der Waals surface area (Å²) in [5.41, 5.74) is -0.436.